The third kappa shape index (κ3) is 6.32. The lowest BCUT2D eigenvalue weighted by atomic mass is 10.1. The minimum atomic E-state index is -0.593. The van der Waals surface area contributed by atoms with Gasteiger partial charge in [0.15, 0.2) is 23.0 Å². The summed E-state index contributed by atoms with van der Waals surface area (Å²) in [5, 5.41) is 0.0995. The first kappa shape index (κ1) is 27.6. The van der Waals surface area contributed by atoms with Gasteiger partial charge in [-0.25, -0.2) is 4.79 Å². The number of methoxy groups -OCH3 is 2. The lowest BCUT2D eigenvalue weighted by Gasteiger charge is -2.14. The average molecular weight is 619 g/mol. The van der Waals surface area contributed by atoms with Crippen molar-refractivity contribution in [1.29, 1.82) is 0 Å². The summed E-state index contributed by atoms with van der Waals surface area (Å²) in [6, 6.07) is 16.7. The molecule has 8 nitrogen and oxygen atoms in total. The molecule has 11 heteroatoms. The number of esters is 1. The predicted octanol–water partition coefficient (Wildman–Crippen LogP) is 6.45. The van der Waals surface area contributed by atoms with Gasteiger partial charge in [-0.1, -0.05) is 23.7 Å². The molecule has 1 saturated heterocycles. The van der Waals surface area contributed by atoms with Crippen LogP contribution >= 0.6 is 39.3 Å². The van der Waals surface area contributed by atoms with Crippen LogP contribution in [-0.4, -0.2) is 49.4 Å². The molecular formula is C27H21BrClNO7S. The molecule has 4 rings (SSSR count). The van der Waals surface area contributed by atoms with E-state index >= 15 is 0 Å². The van der Waals surface area contributed by atoms with E-state index in [0.29, 0.717) is 32.1 Å². The number of benzene rings is 3. The van der Waals surface area contributed by atoms with Crippen molar-refractivity contribution in [1.82, 2.24) is 4.90 Å². The van der Waals surface area contributed by atoms with E-state index in [9.17, 15) is 14.4 Å². The molecule has 196 valence electrons. The van der Waals surface area contributed by atoms with E-state index in [-0.39, 0.29) is 29.6 Å². The number of para-hydroxylation sites is 2. The Morgan fingerprint density at radius 2 is 1.68 bits per heavy atom. The Morgan fingerprint density at radius 1 is 1.00 bits per heavy atom. The molecule has 0 bridgehead atoms. The second-order valence-corrected chi connectivity index (χ2v) is 10.0. The molecule has 0 atom stereocenters. The largest absolute Gasteiger partial charge is 0.493 e. The molecule has 0 saturated carbocycles. The van der Waals surface area contributed by atoms with Gasteiger partial charge in [0.1, 0.15) is 6.61 Å². The first-order valence-corrected chi connectivity index (χ1v) is 13.2. The molecule has 1 heterocycles. The summed E-state index contributed by atoms with van der Waals surface area (Å²) in [5.74, 6) is 0.486. The van der Waals surface area contributed by atoms with Crippen LogP contribution in [0.3, 0.4) is 0 Å². The highest BCUT2D eigenvalue weighted by Crippen LogP contribution is 2.39. The smallest absolute Gasteiger partial charge is 0.343 e. The third-order valence-corrected chi connectivity index (χ3v) is 7.09. The van der Waals surface area contributed by atoms with Crippen molar-refractivity contribution < 1.29 is 33.3 Å². The zero-order valence-corrected chi connectivity index (χ0v) is 23.4. The number of carbonyl (C=O) groups is 3. The lowest BCUT2D eigenvalue weighted by Crippen LogP contribution is -2.32. The van der Waals surface area contributed by atoms with Gasteiger partial charge in [-0.05, 0) is 87.9 Å². The van der Waals surface area contributed by atoms with E-state index in [2.05, 4.69) is 15.9 Å². The summed E-state index contributed by atoms with van der Waals surface area (Å²) in [4.78, 5) is 39.4. The first-order valence-electron chi connectivity index (χ1n) is 11.2. The Labute approximate surface area is 236 Å². The first-order chi connectivity index (χ1) is 18.3. The maximum atomic E-state index is 12.9. The summed E-state index contributed by atoms with van der Waals surface area (Å²) in [6.07, 6.45) is 1.57. The maximum absolute atomic E-state index is 12.9. The molecule has 2 amide bonds. The number of carbonyl (C=O) groups excluding carboxylic acids is 3. The van der Waals surface area contributed by atoms with Gasteiger partial charge in [-0.15, -0.1) is 0 Å². The van der Waals surface area contributed by atoms with Crippen LogP contribution in [0.15, 0.2) is 70.0 Å². The van der Waals surface area contributed by atoms with E-state index in [1.165, 1.54) is 14.2 Å². The molecule has 0 N–H and O–H groups in total. The van der Waals surface area contributed by atoms with Gasteiger partial charge >= 0.3 is 5.97 Å². The maximum Gasteiger partial charge on any atom is 0.343 e. The molecule has 1 aliphatic heterocycles. The zero-order valence-electron chi connectivity index (χ0n) is 20.2. The molecule has 0 radical (unpaired) electrons. The molecule has 3 aromatic rings. The van der Waals surface area contributed by atoms with E-state index in [0.717, 1.165) is 16.7 Å². The van der Waals surface area contributed by atoms with Gasteiger partial charge in [0, 0.05) is 5.02 Å². The number of hydrogen-bond acceptors (Lipinski definition) is 8. The highest BCUT2D eigenvalue weighted by molar-refractivity contribution is 9.10. The normalized spacial score (nSPS) is 14.1. The number of ether oxygens (including phenoxy) is 4. The predicted molar refractivity (Wildman–Crippen MR) is 148 cm³/mol. The summed E-state index contributed by atoms with van der Waals surface area (Å²) in [6.45, 7) is 0.186. The summed E-state index contributed by atoms with van der Waals surface area (Å²) in [7, 11) is 2.97. The average Bonchev–Trinajstić information content (AvgIpc) is 3.17. The van der Waals surface area contributed by atoms with Crippen LogP contribution < -0.4 is 18.9 Å². The standard InChI is InChI=1S/C27H21BrClNO7S/c1-34-20-5-3-4-6-21(20)36-12-11-30-25(31)23(38-27(30)33)15-16-13-19(28)24(22(14-16)35-2)37-26(32)17-7-9-18(29)10-8-17/h3-10,13-15H,11-12H2,1-2H3/b23-15-. The van der Waals surface area contributed by atoms with Crippen molar-refractivity contribution in [2.24, 2.45) is 0 Å². The molecule has 0 unspecified atom stereocenters. The SMILES string of the molecule is COc1ccccc1OCCN1C(=O)S/C(=C\c2cc(Br)c(OC(=O)c3ccc(Cl)cc3)c(OC)c2)C1=O. The van der Waals surface area contributed by atoms with E-state index in [1.807, 2.05) is 6.07 Å². The van der Waals surface area contributed by atoms with Crippen molar-refractivity contribution in [3.8, 4) is 23.0 Å². The Bertz CT molecular complexity index is 1410. The Kier molecular flexibility index (Phi) is 8.98. The van der Waals surface area contributed by atoms with Gasteiger partial charge in [0.25, 0.3) is 11.1 Å². The number of imide groups is 1. The lowest BCUT2D eigenvalue weighted by molar-refractivity contribution is -0.123. The fourth-order valence-electron chi connectivity index (χ4n) is 3.49. The molecule has 1 aliphatic rings. The highest BCUT2D eigenvalue weighted by atomic mass is 79.9. The number of amides is 2. The van der Waals surface area contributed by atoms with Crippen LogP contribution in [0.2, 0.25) is 5.02 Å². The van der Waals surface area contributed by atoms with Gasteiger partial charge in [0.2, 0.25) is 0 Å². The molecule has 3 aromatic carbocycles. The van der Waals surface area contributed by atoms with Crippen LogP contribution in [-0.2, 0) is 4.79 Å². The van der Waals surface area contributed by atoms with E-state index < -0.39 is 17.1 Å². The summed E-state index contributed by atoms with van der Waals surface area (Å²) in [5.41, 5.74) is 0.881. The van der Waals surface area contributed by atoms with Gasteiger partial charge in [-0.2, -0.15) is 0 Å². The van der Waals surface area contributed by atoms with Gasteiger partial charge in [-0.3, -0.25) is 14.5 Å². The number of halogens is 2. The molecular weight excluding hydrogens is 598 g/mol. The van der Waals surface area contributed by atoms with Crippen LogP contribution in [0.1, 0.15) is 15.9 Å². The number of thioether (sulfide) groups is 1. The van der Waals surface area contributed by atoms with Crippen LogP contribution in [0.4, 0.5) is 4.79 Å². The fraction of sp³-hybridized carbons (Fsp3) is 0.148. The van der Waals surface area contributed by atoms with Crippen molar-refractivity contribution >= 4 is 62.5 Å². The quantitative estimate of drug-likeness (QED) is 0.153. The minimum Gasteiger partial charge on any atom is -0.493 e. The molecule has 0 aromatic heterocycles. The van der Waals surface area contributed by atoms with Gasteiger partial charge in [0.05, 0.1) is 35.7 Å². The molecule has 0 spiro atoms. The highest BCUT2D eigenvalue weighted by Gasteiger charge is 2.35. The molecule has 1 fully saturated rings. The second kappa shape index (κ2) is 12.4. The number of hydrogen-bond donors (Lipinski definition) is 0. The number of nitrogens with zero attached hydrogens (tertiary/aromatic N) is 1. The summed E-state index contributed by atoms with van der Waals surface area (Å²) >= 11 is 10.1. The van der Waals surface area contributed by atoms with Crippen LogP contribution in [0.25, 0.3) is 6.08 Å². The second-order valence-electron chi connectivity index (χ2n) is 7.76. The van der Waals surface area contributed by atoms with Crippen LogP contribution in [0.5, 0.6) is 23.0 Å². The van der Waals surface area contributed by atoms with Crippen molar-refractivity contribution in [3.63, 3.8) is 0 Å². The van der Waals surface area contributed by atoms with Gasteiger partial charge < -0.3 is 18.9 Å². The molecule has 38 heavy (non-hydrogen) atoms. The third-order valence-electron chi connectivity index (χ3n) is 5.34. The van der Waals surface area contributed by atoms with Crippen molar-refractivity contribution in [2.45, 2.75) is 0 Å². The van der Waals surface area contributed by atoms with E-state index in [4.69, 9.17) is 30.5 Å². The topological polar surface area (TPSA) is 91.4 Å². The minimum absolute atomic E-state index is 0.0760. The van der Waals surface area contributed by atoms with Crippen LogP contribution in [0, 0.1) is 0 Å². The zero-order chi connectivity index (χ0) is 27.2. The van der Waals surface area contributed by atoms with Crippen molar-refractivity contribution in [3.05, 3.63) is 86.2 Å². The van der Waals surface area contributed by atoms with Crippen molar-refractivity contribution in [2.75, 3.05) is 27.4 Å². The van der Waals surface area contributed by atoms with E-state index in [1.54, 1.807) is 60.7 Å². The Hall–Kier alpha value is -3.47. The monoisotopic (exact) mass is 617 g/mol. The fourth-order valence-corrected chi connectivity index (χ4v) is 5.02. The Balaban J connectivity index is 1.46. The summed E-state index contributed by atoms with van der Waals surface area (Å²) < 4.78 is 22.3. The number of rotatable bonds is 9. The Morgan fingerprint density at radius 3 is 2.37 bits per heavy atom. The molecule has 0 aliphatic carbocycles.